The highest BCUT2D eigenvalue weighted by molar-refractivity contribution is 5.83. The molecule has 1 saturated heterocycles. The Balaban J connectivity index is 1.81. The maximum atomic E-state index is 12.6. The van der Waals surface area contributed by atoms with E-state index >= 15 is 0 Å². The van der Waals surface area contributed by atoms with Gasteiger partial charge in [0.05, 0.1) is 11.1 Å². The Labute approximate surface area is 139 Å². The maximum Gasteiger partial charge on any atom is 0.227 e. The van der Waals surface area contributed by atoms with Gasteiger partial charge in [0.1, 0.15) is 0 Å². The second kappa shape index (κ2) is 8.41. The number of nitrogens with one attached hydrogen (secondary N) is 1. The minimum atomic E-state index is -0.398. The van der Waals surface area contributed by atoms with Crippen LogP contribution in [0.15, 0.2) is 24.4 Å². The number of piperidine rings is 1. The molecule has 0 saturated carbocycles. The summed E-state index contributed by atoms with van der Waals surface area (Å²) in [7, 11) is 0. The van der Waals surface area contributed by atoms with E-state index in [1.54, 1.807) is 0 Å². The van der Waals surface area contributed by atoms with Gasteiger partial charge >= 0.3 is 0 Å². The number of pyridine rings is 1. The molecule has 0 atom stereocenters. The Morgan fingerprint density at radius 2 is 2.04 bits per heavy atom. The van der Waals surface area contributed by atoms with E-state index in [1.165, 1.54) is 0 Å². The van der Waals surface area contributed by atoms with Crippen LogP contribution in [0, 0.1) is 5.41 Å². The van der Waals surface area contributed by atoms with Gasteiger partial charge in [0.15, 0.2) is 0 Å². The Morgan fingerprint density at radius 1 is 1.35 bits per heavy atom. The Bertz CT molecular complexity index is 471. The van der Waals surface area contributed by atoms with E-state index in [-0.39, 0.29) is 11.9 Å². The van der Waals surface area contributed by atoms with Gasteiger partial charge in [-0.3, -0.25) is 14.7 Å². The van der Waals surface area contributed by atoms with Gasteiger partial charge in [0, 0.05) is 38.4 Å². The van der Waals surface area contributed by atoms with Crippen LogP contribution in [-0.2, 0) is 11.3 Å². The number of carbonyl (C=O) groups is 1. The average molecular weight is 318 g/mol. The summed E-state index contributed by atoms with van der Waals surface area (Å²) in [6.45, 7) is 7.39. The highest BCUT2D eigenvalue weighted by Gasteiger charge is 2.35. The van der Waals surface area contributed by atoms with Crippen molar-refractivity contribution in [2.45, 2.75) is 52.1 Å². The van der Waals surface area contributed by atoms with Crippen molar-refractivity contribution in [2.24, 2.45) is 11.1 Å². The van der Waals surface area contributed by atoms with Crippen LogP contribution in [0.4, 0.5) is 0 Å². The second-order valence-electron chi connectivity index (χ2n) is 6.54. The van der Waals surface area contributed by atoms with E-state index in [9.17, 15) is 4.79 Å². The van der Waals surface area contributed by atoms with Gasteiger partial charge in [0.25, 0.3) is 0 Å². The van der Waals surface area contributed by atoms with Crippen molar-refractivity contribution < 1.29 is 4.79 Å². The third kappa shape index (κ3) is 4.52. The molecule has 0 bridgehead atoms. The van der Waals surface area contributed by atoms with Gasteiger partial charge in [-0.05, 0) is 37.8 Å². The van der Waals surface area contributed by atoms with Crippen LogP contribution in [0.2, 0.25) is 0 Å². The maximum absolute atomic E-state index is 12.6. The van der Waals surface area contributed by atoms with Crippen LogP contribution in [-0.4, -0.2) is 41.5 Å². The summed E-state index contributed by atoms with van der Waals surface area (Å²) in [5.74, 6) is 0.133. The molecule has 1 aliphatic heterocycles. The van der Waals surface area contributed by atoms with Crippen molar-refractivity contribution in [3.8, 4) is 0 Å². The van der Waals surface area contributed by atoms with Gasteiger partial charge in [-0.25, -0.2) is 0 Å². The number of rotatable bonds is 7. The summed E-state index contributed by atoms with van der Waals surface area (Å²) in [4.78, 5) is 19.4. The molecule has 0 radical (unpaired) electrons. The Hall–Kier alpha value is -1.46. The molecule has 2 rings (SSSR count). The molecule has 1 amide bonds. The van der Waals surface area contributed by atoms with E-state index < -0.39 is 5.41 Å². The minimum absolute atomic E-state index is 0.133. The summed E-state index contributed by atoms with van der Waals surface area (Å²) in [6.07, 6.45) is 5.41. The van der Waals surface area contributed by atoms with E-state index in [0.717, 1.165) is 51.0 Å². The number of aromatic nitrogens is 1. The molecule has 3 N–H and O–H groups in total. The van der Waals surface area contributed by atoms with Crippen molar-refractivity contribution >= 4 is 5.91 Å². The van der Waals surface area contributed by atoms with E-state index in [0.29, 0.717) is 6.54 Å². The van der Waals surface area contributed by atoms with Gasteiger partial charge in [0.2, 0.25) is 5.91 Å². The first-order valence-corrected chi connectivity index (χ1v) is 8.77. The van der Waals surface area contributed by atoms with Crippen molar-refractivity contribution in [3.05, 3.63) is 30.1 Å². The summed E-state index contributed by atoms with van der Waals surface area (Å²) in [6, 6.07) is 6.30. The molecule has 2 heterocycles. The predicted molar refractivity (Wildman–Crippen MR) is 92.7 cm³/mol. The highest BCUT2D eigenvalue weighted by atomic mass is 16.2. The average Bonchev–Trinajstić information content (AvgIpc) is 2.60. The third-order valence-corrected chi connectivity index (χ3v) is 5.26. The van der Waals surface area contributed by atoms with Crippen LogP contribution in [0.1, 0.15) is 45.2 Å². The molecule has 0 aromatic carbocycles. The first-order valence-electron chi connectivity index (χ1n) is 8.77. The molecule has 1 aromatic rings. The molecule has 5 heteroatoms. The zero-order valence-electron chi connectivity index (χ0n) is 14.4. The fraction of sp³-hybridized carbons (Fsp3) is 0.667. The quantitative estimate of drug-likeness (QED) is 0.806. The number of nitrogens with zero attached hydrogens (tertiary/aromatic N) is 2. The molecular formula is C18H30N4O. The monoisotopic (exact) mass is 318 g/mol. The third-order valence-electron chi connectivity index (χ3n) is 5.26. The lowest BCUT2D eigenvalue weighted by atomic mass is 9.81. The lowest BCUT2D eigenvalue weighted by Crippen LogP contribution is -2.51. The fourth-order valence-electron chi connectivity index (χ4n) is 3.25. The normalized spacial score (nSPS) is 17.2. The molecule has 0 unspecified atom stereocenters. The summed E-state index contributed by atoms with van der Waals surface area (Å²) in [5.41, 5.74) is 6.57. The fourth-order valence-corrected chi connectivity index (χ4v) is 3.25. The molecule has 1 aromatic heterocycles. The lowest BCUT2D eigenvalue weighted by molar-refractivity contribution is -0.132. The number of hydrogen-bond acceptors (Lipinski definition) is 4. The molecule has 1 fully saturated rings. The first-order chi connectivity index (χ1) is 11.1. The van der Waals surface area contributed by atoms with Crippen molar-refractivity contribution in [3.63, 3.8) is 0 Å². The number of carbonyl (C=O) groups excluding carboxylic acids is 1. The number of likely N-dealkylation sites (tertiary alicyclic amines) is 1. The summed E-state index contributed by atoms with van der Waals surface area (Å²) >= 11 is 0. The van der Waals surface area contributed by atoms with E-state index in [2.05, 4.69) is 21.3 Å². The zero-order valence-corrected chi connectivity index (χ0v) is 14.4. The number of hydrogen-bond donors (Lipinski definition) is 2. The predicted octanol–water partition coefficient (Wildman–Crippen LogP) is 1.93. The number of amides is 1. The molecule has 128 valence electrons. The van der Waals surface area contributed by atoms with Crippen LogP contribution >= 0.6 is 0 Å². The van der Waals surface area contributed by atoms with Crippen LogP contribution in [0.25, 0.3) is 0 Å². The molecule has 0 aliphatic carbocycles. The van der Waals surface area contributed by atoms with Gasteiger partial charge in [-0.15, -0.1) is 0 Å². The van der Waals surface area contributed by atoms with Crippen molar-refractivity contribution in [1.29, 1.82) is 0 Å². The molecular weight excluding hydrogens is 288 g/mol. The van der Waals surface area contributed by atoms with Gasteiger partial charge < -0.3 is 11.1 Å². The minimum Gasteiger partial charge on any atom is -0.353 e. The lowest BCUT2D eigenvalue weighted by Gasteiger charge is -2.35. The van der Waals surface area contributed by atoms with Crippen LogP contribution in [0.5, 0.6) is 0 Å². The second-order valence-corrected chi connectivity index (χ2v) is 6.54. The van der Waals surface area contributed by atoms with Crippen molar-refractivity contribution in [1.82, 2.24) is 15.2 Å². The summed E-state index contributed by atoms with van der Waals surface area (Å²) in [5, 5.41) is 3.24. The topological polar surface area (TPSA) is 71.2 Å². The molecule has 1 aliphatic rings. The SMILES string of the molecule is CCC(CC)(CN)C(=O)NC1CCN(Cc2ccccn2)CC1. The van der Waals surface area contributed by atoms with E-state index in [1.807, 2.05) is 32.2 Å². The van der Waals surface area contributed by atoms with Crippen molar-refractivity contribution in [2.75, 3.05) is 19.6 Å². The largest absolute Gasteiger partial charge is 0.353 e. The molecule has 5 nitrogen and oxygen atoms in total. The zero-order chi connectivity index (χ0) is 16.7. The van der Waals surface area contributed by atoms with Crippen LogP contribution in [0.3, 0.4) is 0 Å². The molecule has 0 spiro atoms. The summed E-state index contributed by atoms with van der Waals surface area (Å²) < 4.78 is 0. The standard InChI is InChI=1S/C18H30N4O/c1-3-18(4-2,14-19)17(23)21-15-8-11-22(12-9-15)13-16-7-5-6-10-20-16/h5-7,10,15H,3-4,8-9,11-14,19H2,1-2H3,(H,21,23). The van der Waals surface area contributed by atoms with Gasteiger partial charge in [-0.2, -0.15) is 0 Å². The Morgan fingerprint density at radius 3 is 2.57 bits per heavy atom. The van der Waals surface area contributed by atoms with E-state index in [4.69, 9.17) is 5.73 Å². The first kappa shape index (κ1) is 17.9. The van der Waals surface area contributed by atoms with Gasteiger partial charge in [-0.1, -0.05) is 19.9 Å². The van der Waals surface area contributed by atoms with Crippen LogP contribution < -0.4 is 11.1 Å². The number of nitrogens with two attached hydrogens (primary N) is 1. The highest BCUT2D eigenvalue weighted by Crippen LogP contribution is 2.26. The molecule has 23 heavy (non-hydrogen) atoms. The Kier molecular flexibility index (Phi) is 6.54. The smallest absolute Gasteiger partial charge is 0.227 e.